The molecule has 0 saturated carbocycles. The van der Waals surface area contributed by atoms with E-state index in [-0.39, 0.29) is 11.5 Å². The number of ether oxygens (including phenoxy) is 1. The van der Waals surface area contributed by atoms with Crippen molar-refractivity contribution in [2.45, 2.75) is 32.8 Å². The number of ketones is 1. The van der Waals surface area contributed by atoms with Crippen molar-refractivity contribution in [1.82, 2.24) is 0 Å². The first kappa shape index (κ1) is 9.66. The Morgan fingerprint density at radius 2 is 2.21 bits per heavy atom. The van der Waals surface area contributed by atoms with Crippen molar-refractivity contribution in [1.29, 1.82) is 0 Å². The summed E-state index contributed by atoms with van der Waals surface area (Å²) in [5.41, 5.74) is 2.01. The van der Waals surface area contributed by atoms with Crippen LogP contribution in [0.1, 0.15) is 26.7 Å². The molecule has 2 heteroatoms. The van der Waals surface area contributed by atoms with Crippen LogP contribution in [0.25, 0.3) is 0 Å². The summed E-state index contributed by atoms with van der Waals surface area (Å²) in [6.45, 7) is 4.03. The van der Waals surface area contributed by atoms with Crippen molar-refractivity contribution < 1.29 is 9.53 Å². The van der Waals surface area contributed by atoms with Crippen molar-refractivity contribution >= 4 is 5.78 Å². The molecule has 0 aromatic heterocycles. The van der Waals surface area contributed by atoms with Gasteiger partial charge in [-0.05, 0) is 12.8 Å². The fourth-order valence-electron chi connectivity index (χ4n) is 2.29. The molecular formula is C12H16O2. The van der Waals surface area contributed by atoms with Gasteiger partial charge in [0.1, 0.15) is 0 Å². The Morgan fingerprint density at radius 3 is 2.86 bits per heavy atom. The Bertz CT molecular complexity index is 334. The summed E-state index contributed by atoms with van der Waals surface area (Å²) in [5, 5.41) is 0. The number of Topliss-reactive ketones (excluding diaryl/α,β-unsaturated/α-hetero) is 1. The number of hydrogen-bond acceptors (Lipinski definition) is 2. The van der Waals surface area contributed by atoms with Crippen LogP contribution in [0, 0.1) is 5.41 Å². The van der Waals surface area contributed by atoms with Crippen LogP contribution in [0.4, 0.5) is 0 Å². The summed E-state index contributed by atoms with van der Waals surface area (Å²) in [5.74, 6) is 0.290. The Hall–Kier alpha value is -0.890. The smallest absolute Gasteiger partial charge is 0.168 e. The highest BCUT2D eigenvalue weighted by Crippen LogP contribution is 2.42. The second-order valence-electron chi connectivity index (χ2n) is 4.74. The minimum absolute atomic E-state index is 0.162. The van der Waals surface area contributed by atoms with Crippen LogP contribution in [0.15, 0.2) is 23.3 Å². The molecule has 0 aromatic carbocycles. The van der Waals surface area contributed by atoms with E-state index in [2.05, 4.69) is 0 Å². The van der Waals surface area contributed by atoms with Gasteiger partial charge in [0.25, 0.3) is 0 Å². The van der Waals surface area contributed by atoms with Gasteiger partial charge in [-0.3, -0.25) is 4.79 Å². The van der Waals surface area contributed by atoms with Crippen molar-refractivity contribution in [3.05, 3.63) is 23.3 Å². The Labute approximate surface area is 84.6 Å². The van der Waals surface area contributed by atoms with Crippen LogP contribution in [0.2, 0.25) is 0 Å². The van der Waals surface area contributed by atoms with Gasteiger partial charge in [0.05, 0.1) is 6.10 Å². The molecule has 0 saturated heterocycles. The highest BCUT2D eigenvalue weighted by Gasteiger charge is 2.39. The fourth-order valence-corrected chi connectivity index (χ4v) is 2.29. The van der Waals surface area contributed by atoms with Gasteiger partial charge < -0.3 is 4.74 Å². The van der Waals surface area contributed by atoms with Gasteiger partial charge in [0.2, 0.25) is 0 Å². The van der Waals surface area contributed by atoms with Gasteiger partial charge >= 0.3 is 0 Å². The third-order valence-electron chi connectivity index (χ3n) is 3.12. The highest BCUT2D eigenvalue weighted by molar-refractivity contribution is 6.05. The van der Waals surface area contributed by atoms with Gasteiger partial charge in [-0.1, -0.05) is 31.6 Å². The van der Waals surface area contributed by atoms with E-state index < -0.39 is 0 Å². The van der Waals surface area contributed by atoms with Crippen molar-refractivity contribution in [2.75, 3.05) is 7.11 Å². The zero-order chi connectivity index (χ0) is 10.3. The zero-order valence-corrected chi connectivity index (χ0v) is 8.96. The van der Waals surface area contributed by atoms with Crippen LogP contribution in [-0.2, 0) is 9.53 Å². The predicted molar refractivity (Wildman–Crippen MR) is 55.0 cm³/mol. The topological polar surface area (TPSA) is 26.3 Å². The Morgan fingerprint density at radius 1 is 1.50 bits per heavy atom. The van der Waals surface area contributed by atoms with E-state index >= 15 is 0 Å². The lowest BCUT2D eigenvalue weighted by Crippen LogP contribution is -2.18. The molecule has 2 nitrogen and oxygen atoms in total. The molecule has 0 spiro atoms. The lowest BCUT2D eigenvalue weighted by molar-refractivity contribution is -0.121. The molecule has 0 amide bonds. The molecule has 0 bridgehead atoms. The predicted octanol–water partition coefficient (Wildman–Crippen LogP) is 2.26. The van der Waals surface area contributed by atoms with Crippen molar-refractivity contribution in [3.8, 4) is 0 Å². The number of methoxy groups -OCH3 is 1. The van der Waals surface area contributed by atoms with E-state index in [4.69, 9.17) is 4.74 Å². The van der Waals surface area contributed by atoms with E-state index in [1.807, 2.05) is 26.0 Å². The van der Waals surface area contributed by atoms with Crippen LogP contribution < -0.4 is 0 Å². The summed E-state index contributed by atoms with van der Waals surface area (Å²) >= 11 is 0. The lowest BCUT2D eigenvalue weighted by Gasteiger charge is -2.17. The summed E-state index contributed by atoms with van der Waals surface area (Å²) < 4.78 is 5.27. The van der Waals surface area contributed by atoms with E-state index in [0.717, 1.165) is 18.4 Å². The first-order valence-electron chi connectivity index (χ1n) is 5.02. The average Bonchev–Trinajstić information content (AvgIpc) is 2.37. The highest BCUT2D eigenvalue weighted by atomic mass is 16.5. The van der Waals surface area contributed by atoms with E-state index in [1.54, 1.807) is 7.11 Å². The van der Waals surface area contributed by atoms with Crippen LogP contribution in [0.5, 0.6) is 0 Å². The van der Waals surface area contributed by atoms with Gasteiger partial charge in [0, 0.05) is 18.1 Å². The van der Waals surface area contributed by atoms with Gasteiger partial charge in [0.15, 0.2) is 5.78 Å². The number of hydrogen-bond donors (Lipinski definition) is 0. The molecule has 0 aliphatic heterocycles. The second kappa shape index (κ2) is 3.06. The third-order valence-corrected chi connectivity index (χ3v) is 3.12. The van der Waals surface area contributed by atoms with E-state index in [1.165, 1.54) is 5.57 Å². The molecule has 2 aliphatic rings. The second-order valence-corrected chi connectivity index (χ2v) is 4.74. The maximum atomic E-state index is 11.9. The molecule has 0 fully saturated rings. The largest absolute Gasteiger partial charge is 0.377 e. The Balaban J connectivity index is 2.26. The molecule has 14 heavy (non-hydrogen) atoms. The summed E-state index contributed by atoms with van der Waals surface area (Å²) in [6.07, 6.45) is 5.86. The van der Waals surface area contributed by atoms with Crippen LogP contribution in [-0.4, -0.2) is 19.0 Å². The average molecular weight is 192 g/mol. The number of allylic oxidation sites excluding steroid dienone is 2. The molecule has 0 heterocycles. The Kier molecular flexibility index (Phi) is 2.11. The third kappa shape index (κ3) is 1.34. The minimum atomic E-state index is -0.197. The van der Waals surface area contributed by atoms with Crippen LogP contribution >= 0.6 is 0 Å². The van der Waals surface area contributed by atoms with Crippen molar-refractivity contribution in [2.24, 2.45) is 5.41 Å². The molecular weight excluding hydrogens is 176 g/mol. The number of rotatable bonds is 1. The van der Waals surface area contributed by atoms with Crippen LogP contribution in [0.3, 0.4) is 0 Å². The molecule has 2 aliphatic carbocycles. The SMILES string of the molecule is COC1C=CC2=C(C1)CC(C)(C)C2=O. The van der Waals surface area contributed by atoms with E-state index in [9.17, 15) is 4.79 Å². The standard InChI is InChI=1S/C12H16O2/c1-12(2)7-8-6-9(14-3)4-5-10(8)11(12)13/h4-5,9H,6-7H2,1-3H3. The fraction of sp³-hybridized carbons (Fsp3) is 0.583. The number of carbonyl (C=O) groups excluding carboxylic acids is 1. The van der Waals surface area contributed by atoms with E-state index in [0.29, 0.717) is 5.78 Å². The van der Waals surface area contributed by atoms with Crippen molar-refractivity contribution in [3.63, 3.8) is 0 Å². The number of carbonyl (C=O) groups is 1. The zero-order valence-electron chi connectivity index (χ0n) is 8.96. The molecule has 76 valence electrons. The molecule has 0 N–H and O–H groups in total. The summed E-state index contributed by atoms with van der Waals surface area (Å²) in [6, 6.07) is 0. The maximum absolute atomic E-state index is 11.9. The molecule has 0 aromatic rings. The summed E-state index contributed by atoms with van der Waals surface area (Å²) in [4.78, 5) is 11.9. The quantitative estimate of drug-likeness (QED) is 0.637. The normalized spacial score (nSPS) is 29.6. The van der Waals surface area contributed by atoms with Gasteiger partial charge in [-0.2, -0.15) is 0 Å². The monoisotopic (exact) mass is 192 g/mol. The molecule has 1 atom stereocenters. The summed E-state index contributed by atoms with van der Waals surface area (Å²) in [7, 11) is 1.71. The molecule has 0 radical (unpaired) electrons. The maximum Gasteiger partial charge on any atom is 0.168 e. The first-order valence-corrected chi connectivity index (χ1v) is 5.02. The lowest BCUT2D eigenvalue weighted by atomic mass is 9.87. The van der Waals surface area contributed by atoms with Gasteiger partial charge in [-0.25, -0.2) is 0 Å². The molecule has 2 rings (SSSR count). The minimum Gasteiger partial charge on any atom is -0.377 e. The molecule has 1 unspecified atom stereocenters. The first-order chi connectivity index (χ1) is 6.54. The van der Waals surface area contributed by atoms with Gasteiger partial charge in [-0.15, -0.1) is 0 Å².